The third kappa shape index (κ3) is 6.72. The van der Waals surface area contributed by atoms with Crippen LogP contribution in [0.25, 0.3) is 0 Å². The van der Waals surface area contributed by atoms with Crippen molar-refractivity contribution in [1.82, 2.24) is 0 Å². The number of hydrogen-bond acceptors (Lipinski definition) is 5. The quantitative estimate of drug-likeness (QED) is 0.813. The van der Waals surface area contributed by atoms with Gasteiger partial charge >= 0.3 is 11.9 Å². The highest BCUT2D eigenvalue weighted by Crippen LogP contribution is 2.12. The van der Waals surface area contributed by atoms with Crippen LogP contribution in [0, 0.1) is 0 Å². The first-order chi connectivity index (χ1) is 10.2. The van der Waals surface area contributed by atoms with Gasteiger partial charge in [-0.05, 0) is 45.2 Å². The lowest BCUT2D eigenvalue weighted by molar-refractivity contribution is -0.154. The summed E-state index contributed by atoms with van der Waals surface area (Å²) in [5.74, 6) is -0.663. The Morgan fingerprint density at radius 1 is 1.14 bits per heavy atom. The van der Waals surface area contributed by atoms with E-state index in [1.54, 1.807) is 6.92 Å². The Hall–Kier alpha value is -1.88. The second kappa shape index (κ2) is 7.94. The fourth-order valence-electron chi connectivity index (χ4n) is 1.92. The topological polar surface area (TPSA) is 78.6 Å². The summed E-state index contributed by atoms with van der Waals surface area (Å²) in [6.07, 6.45) is 0.632. The van der Waals surface area contributed by atoms with E-state index in [9.17, 15) is 9.59 Å². The molecule has 0 saturated heterocycles. The second-order valence-corrected chi connectivity index (χ2v) is 6.14. The van der Waals surface area contributed by atoms with Crippen molar-refractivity contribution in [1.29, 1.82) is 0 Å². The fourth-order valence-corrected chi connectivity index (χ4v) is 1.92. The Bertz CT molecular complexity index is 502. The minimum absolute atomic E-state index is 0.224. The first kappa shape index (κ1) is 18.2. The molecule has 5 heteroatoms. The maximum Gasteiger partial charge on any atom is 0.323 e. The average Bonchev–Trinajstić information content (AvgIpc) is 2.39. The summed E-state index contributed by atoms with van der Waals surface area (Å²) in [7, 11) is 0. The van der Waals surface area contributed by atoms with Gasteiger partial charge in [-0.3, -0.25) is 9.59 Å². The number of benzene rings is 1. The maximum absolute atomic E-state index is 11.7. The zero-order chi connectivity index (χ0) is 16.8. The predicted molar refractivity (Wildman–Crippen MR) is 84.3 cm³/mol. The van der Waals surface area contributed by atoms with Crippen LogP contribution in [-0.4, -0.2) is 30.2 Å². The SMILES string of the molecule is CCOC(=O)C(N)Cc1ccc(CC(=O)OC(C)(C)C)cc1. The van der Waals surface area contributed by atoms with Crippen LogP contribution in [0.2, 0.25) is 0 Å². The molecule has 0 aliphatic rings. The van der Waals surface area contributed by atoms with Crippen LogP contribution in [0.3, 0.4) is 0 Å². The zero-order valence-electron chi connectivity index (χ0n) is 13.7. The molecular formula is C17H25NO4. The van der Waals surface area contributed by atoms with Crippen LogP contribution in [0.1, 0.15) is 38.8 Å². The lowest BCUT2D eigenvalue weighted by atomic mass is 10.0. The molecule has 0 aliphatic carbocycles. The molecule has 1 unspecified atom stereocenters. The summed E-state index contributed by atoms with van der Waals surface area (Å²) in [5, 5.41) is 0. The molecule has 0 saturated carbocycles. The van der Waals surface area contributed by atoms with Crippen LogP contribution in [0.15, 0.2) is 24.3 Å². The lowest BCUT2D eigenvalue weighted by Crippen LogP contribution is -2.34. The number of rotatable bonds is 6. The van der Waals surface area contributed by atoms with Crippen LogP contribution >= 0.6 is 0 Å². The highest BCUT2D eigenvalue weighted by Gasteiger charge is 2.17. The molecule has 0 amide bonds. The fraction of sp³-hybridized carbons (Fsp3) is 0.529. The van der Waals surface area contributed by atoms with Crippen molar-refractivity contribution < 1.29 is 19.1 Å². The highest BCUT2D eigenvalue weighted by atomic mass is 16.6. The van der Waals surface area contributed by atoms with E-state index in [1.807, 2.05) is 45.0 Å². The Morgan fingerprint density at radius 3 is 2.18 bits per heavy atom. The summed E-state index contributed by atoms with van der Waals surface area (Å²) in [5.41, 5.74) is 7.08. The van der Waals surface area contributed by atoms with Gasteiger partial charge in [-0.1, -0.05) is 24.3 Å². The van der Waals surface area contributed by atoms with Crippen LogP contribution in [0.5, 0.6) is 0 Å². The third-order valence-corrected chi connectivity index (χ3v) is 2.84. The van der Waals surface area contributed by atoms with E-state index in [0.29, 0.717) is 13.0 Å². The summed E-state index contributed by atoms with van der Waals surface area (Å²) in [6, 6.07) is 6.74. The number of hydrogen-bond donors (Lipinski definition) is 1. The molecule has 0 fully saturated rings. The molecule has 0 spiro atoms. The molecule has 122 valence electrons. The minimum Gasteiger partial charge on any atom is -0.465 e. The van der Waals surface area contributed by atoms with Gasteiger partial charge in [0.15, 0.2) is 0 Å². The van der Waals surface area contributed by atoms with Crippen molar-refractivity contribution in [3.05, 3.63) is 35.4 Å². The summed E-state index contributed by atoms with van der Waals surface area (Å²) in [4.78, 5) is 23.2. The molecule has 0 aromatic heterocycles. The van der Waals surface area contributed by atoms with E-state index in [1.165, 1.54) is 0 Å². The van der Waals surface area contributed by atoms with Gasteiger partial charge in [0.2, 0.25) is 0 Å². The maximum atomic E-state index is 11.7. The monoisotopic (exact) mass is 307 g/mol. The lowest BCUT2D eigenvalue weighted by Gasteiger charge is -2.19. The van der Waals surface area contributed by atoms with E-state index in [4.69, 9.17) is 15.2 Å². The van der Waals surface area contributed by atoms with E-state index in [0.717, 1.165) is 11.1 Å². The number of carbonyl (C=O) groups excluding carboxylic acids is 2. The third-order valence-electron chi connectivity index (χ3n) is 2.84. The molecular weight excluding hydrogens is 282 g/mol. The van der Waals surface area contributed by atoms with Crippen molar-refractivity contribution >= 4 is 11.9 Å². The molecule has 1 aromatic rings. The summed E-state index contributed by atoms with van der Waals surface area (Å²) in [6.45, 7) is 7.58. The number of ether oxygens (including phenoxy) is 2. The van der Waals surface area contributed by atoms with Crippen LogP contribution in [0.4, 0.5) is 0 Å². The summed E-state index contributed by atoms with van der Waals surface area (Å²) < 4.78 is 10.1. The van der Waals surface area contributed by atoms with Crippen LogP contribution in [-0.2, 0) is 31.9 Å². The van der Waals surface area contributed by atoms with E-state index in [2.05, 4.69) is 0 Å². The average molecular weight is 307 g/mol. The van der Waals surface area contributed by atoms with Gasteiger partial charge in [-0.25, -0.2) is 0 Å². The van der Waals surface area contributed by atoms with Crippen molar-refractivity contribution in [2.24, 2.45) is 5.73 Å². The first-order valence-electron chi connectivity index (χ1n) is 7.43. The van der Waals surface area contributed by atoms with Gasteiger partial charge in [-0.2, -0.15) is 0 Å². The minimum atomic E-state index is -0.670. The largest absolute Gasteiger partial charge is 0.465 e. The van der Waals surface area contributed by atoms with Gasteiger partial charge in [0, 0.05) is 0 Å². The van der Waals surface area contributed by atoms with Gasteiger partial charge < -0.3 is 15.2 Å². The molecule has 0 heterocycles. The van der Waals surface area contributed by atoms with Gasteiger partial charge in [-0.15, -0.1) is 0 Å². The number of carbonyl (C=O) groups is 2. The van der Waals surface area contributed by atoms with E-state index >= 15 is 0 Å². The Balaban J connectivity index is 2.56. The van der Waals surface area contributed by atoms with E-state index in [-0.39, 0.29) is 12.4 Å². The van der Waals surface area contributed by atoms with Gasteiger partial charge in [0.05, 0.1) is 13.0 Å². The molecule has 0 bridgehead atoms. The summed E-state index contributed by atoms with van der Waals surface area (Å²) >= 11 is 0. The standard InChI is InChI=1S/C17H25NO4/c1-5-21-16(20)14(18)10-12-6-8-13(9-7-12)11-15(19)22-17(2,3)4/h6-9,14H,5,10-11,18H2,1-4H3. The molecule has 22 heavy (non-hydrogen) atoms. The molecule has 2 N–H and O–H groups in total. The van der Waals surface area contributed by atoms with Crippen LogP contribution < -0.4 is 5.73 Å². The molecule has 1 aromatic carbocycles. The highest BCUT2D eigenvalue weighted by molar-refractivity contribution is 5.76. The molecule has 1 rings (SSSR count). The Kier molecular flexibility index (Phi) is 6.56. The Morgan fingerprint density at radius 2 is 1.68 bits per heavy atom. The smallest absolute Gasteiger partial charge is 0.323 e. The first-order valence-corrected chi connectivity index (χ1v) is 7.43. The normalized spacial score (nSPS) is 12.6. The predicted octanol–water partition coefficient (Wildman–Crippen LogP) is 2.00. The zero-order valence-corrected chi connectivity index (χ0v) is 13.7. The van der Waals surface area contributed by atoms with Gasteiger partial charge in [0.25, 0.3) is 0 Å². The van der Waals surface area contributed by atoms with Crippen molar-refractivity contribution in [3.8, 4) is 0 Å². The van der Waals surface area contributed by atoms with Gasteiger partial charge in [0.1, 0.15) is 11.6 Å². The molecule has 1 atom stereocenters. The number of esters is 2. The van der Waals surface area contributed by atoms with Crippen molar-refractivity contribution in [2.45, 2.75) is 52.2 Å². The van der Waals surface area contributed by atoms with Crippen molar-refractivity contribution in [3.63, 3.8) is 0 Å². The van der Waals surface area contributed by atoms with Crippen molar-refractivity contribution in [2.75, 3.05) is 6.61 Å². The Labute approximate surface area is 131 Å². The van der Waals surface area contributed by atoms with E-state index < -0.39 is 17.6 Å². The molecule has 0 aliphatic heterocycles. The second-order valence-electron chi connectivity index (χ2n) is 6.14. The number of nitrogens with two attached hydrogens (primary N) is 1. The molecule has 5 nitrogen and oxygen atoms in total. The molecule has 0 radical (unpaired) electrons.